The predicted molar refractivity (Wildman–Crippen MR) is 64.9 cm³/mol. The zero-order valence-electron chi connectivity index (χ0n) is 9.20. The number of aromatic nitrogens is 2. The van der Waals surface area contributed by atoms with Gasteiger partial charge in [-0.25, -0.2) is 0 Å². The summed E-state index contributed by atoms with van der Waals surface area (Å²) in [6.45, 7) is 0. The SMILES string of the molecule is O=CCSc1nnc(CCc2ccccc2)o1. The van der Waals surface area contributed by atoms with Crippen LogP contribution in [0.1, 0.15) is 11.5 Å². The monoisotopic (exact) mass is 248 g/mol. The van der Waals surface area contributed by atoms with E-state index in [9.17, 15) is 4.79 Å². The molecule has 1 heterocycles. The van der Waals surface area contributed by atoms with Gasteiger partial charge < -0.3 is 9.21 Å². The summed E-state index contributed by atoms with van der Waals surface area (Å²) in [6.07, 6.45) is 2.41. The van der Waals surface area contributed by atoms with E-state index in [1.165, 1.54) is 17.3 Å². The minimum atomic E-state index is 0.348. The van der Waals surface area contributed by atoms with E-state index in [0.717, 1.165) is 19.1 Å². The summed E-state index contributed by atoms with van der Waals surface area (Å²) < 4.78 is 5.39. The molecule has 0 radical (unpaired) electrons. The number of hydrogen-bond acceptors (Lipinski definition) is 5. The minimum Gasteiger partial charge on any atom is -0.416 e. The molecule has 0 unspecified atom stereocenters. The molecule has 0 saturated heterocycles. The van der Waals surface area contributed by atoms with Gasteiger partial charge in [-0.3, -0.25) is 0 Å². The van der Waals surface area contributed by atoms with Gasteiger partial charge in [0.25, 0.3) is 5.22 Å². The molecule has 2 rings (SSSR count). The molecule has 88 valence electrons. The molecule has 0 amide bonds. The Labute approximate surface area is 103 Å². The van der Waals surface area contributed by atoms with E-state index < -0.39 is 0 Å². The molecular formula is C12H12N2O2S. The van der Waals surface area contributed by atoms with Gasteiger partial charge in [0, 0.05) is 6.42 Å². The summed E-state index contributed by atoms with van der Waals surface area (Å²) in [5.41, 5.74) is 1.24. The molecule has 0 spiro atoms. The lowest BCUT2D eigenvalue weighted by Gasteiger charge is -1.96. The van der Waals surface area contributed by atoms with E-state index in [-0.39, 0.29) is 0 Å². The summed E-state index contributed by atoms with van der Waals surface area (Å²) in [5, 5.41) is 8.24. The smallest absolute Gasteiger partial charge is 0.276 e. The Hall–Kier alpha value is -1.62. The Morgan fingerprint density at radius 1 is 1.18 bits per heavy atom. The van der Waals surface area contributed by atoms with Crippen molar-refractivity contribution in [3.63, 3.8) is 0 Å². The van der Waals surface area contributed by atoms with Crippen molar-refractivity contribution < 1.29 is 9.21 Å². The highest BCUT2D eigenvalue weighted by Gasteiger charge is 2.06. The summed E-state index contributed by atoms with van der Waals surface area (Å²) in [6, 6.07) is 10.1. The molecule has 1 aromatic carbocycles. The van der Waals surface area contributed by atoms with Crippen LogP contribution in [0.25, 0.3) is 0 Å². The van der Waals surface area contributed by atoms with Gasteiger partial charge in [-0.05, 0) is 12.0 Å². The van der Waals surface area contributed by atoms with Crippen LogP contribution < -0.4 is 0 Å². The summed E-state index contributed by atoms with van der Waals surface area (Å²) in [4.78, 5) is 10.2. The van der Waals surface area contributed by atoms with Crippen molar-refractivity contribution in [2.45, 2.75) is 18.1 Å². The maximum absolute atomic E-state index is 10.2. The molecule has 2 aromatic rings. The molecule has 17 heavy (non-hydrogen) atoms. The van der Waals surface area contributed by atoms with Crippen molar-refractivity contribution in [2.24, 2.45) is 0 Å². The van der Waals surface area contributed by atoms with E-state index in [2.05, 4.69) is 22.3 Å². The molecule has 0 bridgehead atoms. The van der Waals surface area contributed by atoms with Crippen LogP contribution in [0, 0.1) is 0 Å². The van der Waals surface area contributed by atoms with Crippen LogP contribution in [0.4, 0.5) is 0 Å². The largest absolute Gasteiger partial charge is 0.416 e. The molecule has 1 aromatic heterocycles. The van der Waals surface area contributed by atoms with Crippen LogP contribution in [0.3, 0.4) is 0 Å². The van der Waals surface area contributed by atoms with Crippen LogP contribution in [0.2, 0.25) is 0 Å². The Balaban J connectivity index is 1.87. The first kappa shape index (κ1) is 11.9. The van der Waals surface area contributed by atoms with Crippen LogP contribution in [0.15, 0.2) is 40.0 Å². The lowest BCUT2D eigenvalue weighted by Crippen LogP contribution is -1.90. The molecule has 0 saturated carbocycles. The number of benzene rings is 1. The Morgan fingerprint density at radius 2 is 2.00 bits per heavy atom. The average Bonchev–Trinajstić information content (AvgIpc) is 2.83. The number of nitrogens with zero attached hydrogens (tertiary/aromatic N) is 2. The van der Waals surface area contributed by atoms with Gasteiger partial charge in [-0.2, -0.15) is 0 Å². The summed E-state index contributed by atoms with van der Waals surface area (Å²) in [7, 11) is 0. The van der Waals surface area contributed by atoms with Crippen LogP contribution in [-0.4, -0.2) is 22.2 Å². The second kappa shape index (κ2) is 6.20. The molecule has 4 nitrogen and oxygen atoms in total. The van der Waals surface area contributed by atoms with E-state index in [4.69, 9.17) is 4.42 Å². The third-order valence-corrected chi connectivity index (χ3v) is 2.91. The maximum Gasteiger partial charge on any atom is 0.276 e. The first-order valence-electron chi connectivity index (χ1n) is 5.31. The molecule has 5 heteroatoms. The van der Waals surface area contributed by atoms with Gasteiger partial charge >= 0.3 is 0 Å². The standard InChI is InChI=1S/C12H12N2O2S/c15-8-9-17-12-14-13-11(16-12)7-6-10-4-2-1-3-5-10/h1-5,8H,6-7,9H2. The molecule has 0 N–H and O–H groups in total. The fourth-order valence-electron chi connectivity index (χ4n) is 1.40. The molecule has 0 aliphatic rings. The average molecular weight is 248 g/mol. The second-order valence-electron chi connectivity index (χ2n) is 3.42. The van der Waals surface area contributed by atoms with Crippen molar-refractivity contribution in [3.05, 3.63) is 41.8 Å². The van der Waals surface area contributed by atoms with Gasteiger partial charge in [0.05, 0.1) is 5.75 Å². The molecule has 0 aliphatic carbocycles. The number of rotatable bonds is 6. The fourth-order valence-corrected chi connectivity index (χ4v) is 1.86. The number of carbonyl (C=O) groups is 1. The van der Waals surface area contributed by atoms with Crippen molar-refractivity contribution >= 4 is 18.0 Å². The maximum atomic E-state index is 10.2. The lowest BCUT2D eigenvalue weighted by molar-refractivity contribution is -0.105. The van der Waals surface area contributed by atoms with Gasteiger partial charge in [0.2, 0.25) is 5.89 Å². The highest BCUT2D eigenvalue weighted by molar-refractivity contribution is 7.99. The highest BCUT2D eigenvalue weighted by atomic mass is 32.2. The lowest BCUT2D eigenvalue weighted by atomic mass is 10.1. The number of thioether (sulfide) groups is 1. The van der Waals surface area contributed by atoms with Crippen molar-refractivity contribution in [1.29, 1.82) is 0 Å². The quantitative estimate of drug-likeness (QED) is 0.579. The molecule has 0 atom stereocenters. The Bertz CT molecular complexity index is 470. The third-order valence-electron chi connectivity index (χ3n) is 2.19. The molecular weight excluding hydrogens is 236 g/mol. The molecule has 0 fully saturated rings. The number of aldehydes is 1. The van der Waals surface area contributed by atoms with Crippen molar-refractivity contribution in [2.75, 3.05) is 5.75 Å². The predicted octanol–water partition coefficient (Wildman–Crippen LogP) is 2.15. The summed E-state index contributed by atoms with van der Waals surface area (Å²) in [5.74, 6) is 0.961. The van der Waals surface area contributed by atoms with E-state index in [1.54, 1.807) is 0 Å². The zero-order valence-corrected chi connectivity index (χ0v) is 10.0. The van der Waals surface area contributed by atoms with Gasteiger partial charge in [-0.1, -0.05) is 42.1 Å². The van der Waals surface area contributed by atoms with E-state index in [0.29, 0.717) is 16.9 Å². The van der Waals surface area contributed by atoms with Crippen LogP contribution >= 0.6 is 11.8 Å². The first-order valence-corrected chi connectivity index (χ1v) is 6.30. The van der Waals surface area contributed by atoms with Gasteiger partial charge in [0.15, 0.2) is 0 Å². The number of carbonyl (C=O) groups excluding carboxylic acids is 1. The Morgan fingerprint density at radius 3 is 2.76 bits per heavy atom. The Kier molecular flexibility index (Phi) is 4.32. The van der Waals surface area contributed by atoms with Gasteiger partial charge in [-0.15, -0.1) is 10.2 Å². The number of aryl methyl sites for hydroxylation is 2. The van der Waals surface area contributed by atoms with Crippen molar-refractivity contribution in [1.82, 2.24) is 10.2 Å². The van der Waals surface area contributed by atoms with Crippen LogP contribution in [0.5, 0.6) is 0 Å². The normalized spacial score (nSPS) is 10.4. The second-order valence-corrected chi connectivity index (χ2v) is 4.40. The fraction of sp³-hybridized carbons (Fsp3) is 0.250. The van der Waals surface area contributed by atoms with E-state index in [1.807, 2.05) is 18.2 Å². The summed E-state index contributed by atoms with van der Waals surface area (Å²) >= 11 is 1.25. The first-order chi connectivity index (χ1) is 8.38. The van der Waals surface area contributed by atoms with Gasteiger partial charge in [0.1, 0.15) is 6.29 Å². The van der Waals surface area contributed by atoms with Crippen molar-refractivity contribution in [3.8, 4) is 0 Å². The number of hydrogen-bond donors (Lipinski definition) is 0. The highest BCUT2D eigenvalue weighted by Crippen LogP contribution is 2.15. The topological polar surface area (TPSA) is 56.0 Å². The molecule has 0 aliphatic heterocycles. The van der Waals surface area contributed by atoms with Crippen LogP contribution in [-0.2, 0) is 17.6 Å². The third kappa shape index (κ3) is 3.71. The minimum absolute atomic E-state index is 0.348. The zero-order chi connectivity index (χ0) is 11.9. The van der Waals surface area contributed by atoms with E-state index >= 15 is 0 Å².